The predicted octanol–water partition coefficient (Wildman–Crippen LogP) is 2.51. The molecule has 1 unspecified atom stereocenters. The minimum absolute atomic E-state index is 0.144. The van der Waals surface area contributed by atoms with Gasteiger partial charge in [0.05, 0.1) is 6.54 Å². The van der Waals surface area contributed by atoms with Crippen LogP contribution in [0.15, 0.2) is 24.3 Å². The van der Waals surface area contributed by atoms with Crippen molar-refractivity contribution in [2.45, 2.75) is 19.0 Å². The Balaban J connectivity index is 2.02. The number of urea groups is 1. The van der Waals surface area contributed by atoms with Gasteiger partial charge in [-0.25, -0.2) is 4.79 Å². The number of hydrogen-bond acceptors (Lipinski definition) is 3. The Morgan fingerprint density at radius 3 is 2.63 bits per heavy atom. The Kier molecular flexibility index (Phi) is 4.71. The van der Waals surface area contributed by atoms with E-state index in [0.717, 1.165) is 11.3 Å². The van der Waals surface area contributed by atoms with E-state index in [0.29, 0.717) is 11.4 Å². The molecule has 1 fully saturated rings. The fraction of sp³-hybridized carbons (Fsp3) is 0.385. The van der Waals surface area contributed by atoms with Gasteiger partial charge in [0, 0.05) is 5.02 Å². The molecule has 1 saturated heterocycles. The van der Waals surface area contributed by atoms with Crippen LogP contribution in [0.2, 0.25) is 5.02 Å². The van der Waals surface area contributed by atoms with E-state index in [-0.39, 0.29) is 24.5 Å². The number of halogens is 1. The molecule has 0 saturated carbocycles. The molecule has 1 aliphatic rings. The van der Waals surface area contributed by atoms with E-state index in [1.54, 1.807) is 23.9 Å². The number of imide groups is 1. The van der Waals surface area contributed by atoms with Gasteiger partial charge in [-0.05, 0) is 36.1 Å². The molecule has 1 aliphatic heterocycles. The molecule has 0 radical (unpaired) electrons. The first-order chi connectivity index (χ1) is 9.11. The number of rotatable bonds is 5. The van der Waals surface area contributed by atoms with Crippen molar-refractivity contribution in [2.24, 2.45) is 0 Å². The number of nitrogens with one attached hydrogen (secondary N) is 1. The number of nitrogens with zero attached hydrogens (tertiary/aromatic N) is 1. The van der Waals surface area contributed by atoms with Gasteiger partial charge in [-0.15, -0.1) is 0 Å². The molecule has 1 aromatic carbocycles. The SMILES string of the molecule is CSCCC1NC(=O)N(Cc2ccc(Cl)cc2)C1=O. The average molecular weight is 299 g/mol. The van der Waals surface area contributed by atoms with Crippen molar-refractivity contribution >= 4 is 35.3 Å². The molecule has 1 N–H and O–H groups in total. The molecule has 4 nitrogen and oxygen atoms in total. The Labute approximate surface area is 121 Å². The molecule has 0 aliphatic carbocycles. The zero-order valence-electron chi connectivity index (χ0n) is 10.6. The molecule has 2 rings (SSSR count). The first-order valence-corrected chi connectivity index (χ1v) is 7.74. The van der Waals surface area contributed by atoms with Gasteiger partial charge in [0.1, 0.15) is 6.04 Å². The Bertz CT molecular complexity index is 478. The molecule has 0 aromatic heterocycles. The maximum absolute atomic E-state index is 12.1. The van der Waals surface area contributed by atoms with Crippen LogP contribution < -0.4 is 5.32 Å². The van der Waals surface area contributed by atoms with Crippen LogP contribution in [-0.4, -0.2) is 34.9 Å². The lowest BCUT2D eigenvalue weighted by atomic mass is 10.2. The fourth-order valence-electron chi connectivity index (χ4n) is 1.93. The summed E-state index contributed by atoms with van der Waals surface area (Å²) in [5, 5.41) is 3.36. The van der Waals surface area contributed by atoms with Crippen LogP contribution in [0.5, 0.6) is 0 Å². The maximum Gasteiger partial charge on any atom is 0.325 e. The second kappa shape index (κ2) is 6.30. The summed E-state index contributed by atoms with van der Waals surface area (Å²) in [7, 11) is 0. The number of carbonyl (C=O) groups is 2. The molecule has 1 atom stereocenters. The van der Waals surface area contributed by atoms with E-state index in [9.17, 15) is 9.59 Å². The van der Waals surface area contributed by atoms with Gasteiger partial charge in [0.25, 0.3) is 5.91 Å². The van der Waals surface area contributed by atoms with Gasteiger partial charge in [-0.2, -0.15) is 11.8 Å². The minimum atomic E-state index is -0.382. The average Bonchev–Trinajstić information content (AvgIpc) is 2.66. The van der Waals surface area contributed by atoms with Crippen molar-refractivity contribution in [2.75, 3.05) is 12.0 Å². The van der Waals surface area contributed by atoms with Crippen LogP contribution in [-0.2, 0) is 11.3 Å². The van der Waals surface area contributed by atoms with Gasteiger partial charge in [0.2, 0.25) is 0 Å². The van der Waals surface area contributed by atoms with Crippen LogP contribution in [0.1, 0.15) is 12.0 Å². The normalized spacial score (nSPS) is 18.8. The first kappa shape index (κ1) is 14.2. The molecule has 0 spiro atoms. The van der Waals surface area contributed by atoms with Crippen LogP contribution in [0, 0.1) is 0 Å². The summed E-state index contributed by atoms with van der Waals surface area (Å²) in [4.78, 5) is 25.1. The summed E-state index contributed by atoms with van der Waals surface area (Å²) in [5.41, 5.74) is 0.887. The van der Waals surface area contributed by atoms with Gasteiger partial charge in [0.15, 0.2) is 0 Å². The fourth-order valence-corrected chi connectivity index (χ4v) is 2.53. The van der Waals surface area contributed by atoms with Gasteiger partial charge in [-0.3, -0.25) is 9.69 Å². The van der Waals surface area contributed by atoms with Crippen molar-refractivity contribution in [3.8, 4) is 0 Å². The van der Waals surface area contributed by atoms with E-state index in [2.05, 4.69) is 5.32 Å². The third-order valence-corrected chi connectivity index (χ3v) is 3.87. The van der Waals surface area contributed by atoms with E-state index < -0.39 is 0 Å². The van der Waals surface area contributed by atoms with E-state index in [1.807, 2.05) is 18.4 Å². The summed E-state index contributed by atoms with van der Waals surface area (Å²) >= 11 is 7.47. The number of thioether (sulfide) groups is 1. The highest BCUT2D eigenvalue weighted by atomic mass is 35.5. The predicted molar refractivity (Wildman–Crippen MR) is 77.3 cm³/mol. The van der Waals surface area contributed by atoms with Gasteiger partial charge < -0.3 is 5.32 Å². The Hall–Kier alpha value is -1.20. The molecule has 6 heteroatoms. The zero-order chi connectivity index (χ0) is 13.8. The number of hydrogen-bond donors (Lipinski definition) is 1. The van der Waals surface area contributed by atoms with Gasteiger partial charge >= 0.3 is 6.03 Å². The molecule has 102 valence electrons. The third kappa shape index (κ3) is 3.42. The molecule has 1 aromatic rings. The first-order valence-electron chi connectivity index (χ1n) is 5.97. The van der Waals surface area contributed by atoms with Crippen molar-refractivity contribution in [3.63, 3.8) is 0 Å². The van der Waals surface area contributed by atoms with Crippen molar-refractivity contribution < 1.29 is 9.59 Å². The maximum atomic E-state index is 12.1. The number of amides is 3. The molecule has 3 amide bonds. The highest BCUT2D eigenvalue weighted by Crippen LogP contribution is 2.16. The highest BCUT2D eigenvalue weighted by molar-refractivity contribution is 7.98. The molecular formula is C13H15ClN2O2S. The summed E-state index contributed by atoms with van der Waals surface area (Å²) < 4.78 is 0. The number of carbonyl (C=O) groups excluding carboxylic acids is 2. The second-order valence-electron chi connectivity index (χ2n) is 4.33. The molecule has 1 heterocycles. The molecule has 0 bridgehead atoms. The summed E-state index contributed by atoms with van der Waals surface area (Å²) in [6, 6.07) is 6.44. The largest absolute Gasteiger partial charge is 0.326 e. The monoisotopic (exact) mass is 298 g/mol. The van der Waals surface area contributed by atoms with Crippen LogP contribution >= 0.6 is 23.4 Å². The highest BCUT2D eigenvalue weighted by Gasteiger charge is 2.37. The molecule has 19 heavy (non-hydrogen) atoms. The second-order valence-corrected chi connectivity index (χ2v) is 5.76. The lowest BCUT2D eigenvalue weighted by Crippen LogP contribution is -2.31. The van der Waals surface area contributed by atoms with Crippen LogP contribution in [0.3, 0.4) is 0 Å². The summed E-state index contributed by atoms with van der Waals surface area (Å²) in [6.45, 7) is 0.289. The van der Waals surface area contributed by atoms with Gasteiger partial charge in [-0.1, -0.05) is 23.7 Å². The van der Waals surface area contributed by atoms with Crippen LogP contribution in [0.4, 0.5) is 4.79 Å². The van der Waals surface area contributed by atoms with Crippen molar-refractivity contribution in [1.82, 2.24) is 10.2 Å². The topological polar surface area (TPSA) is 49.4 Å². The standard InChI is InChI=1S/C13H15ClN2O2S/c1-19-7-6-11-12(17)16(13(18)15-11)8-9-2-4-10(14)5-3-9/h2-5,11H,6-8H2,1H3,(H,15,18). The van der Waals surface area contributed by atoms with E-state index in [1.165, 1.54) is 4.90 Å². The Morgan fingerprint density at radius 2 is 2.00 bits per heavy atom. The Morgan fingerprint density at radius 1 is 1.32 bits per heavy atom. The van der Waals surface area contributed by atoms with Crippen molar-refractivity contribution in [3.05, 3.63) is 34.9 Å². The number of benzene rings is 1. The van der Waals surface area contributed by atoms with E-state index in [4.69, 9.17) is 11.6 Å². The minimum Gasteiger partial charge on any atom is -0.326 e. The quantitative estimate of drug-likeness (QED) is 0.850. The lowest BCUT2D eigenvalue weighted by molar-refractivity contribution is -0.127. The lowest BCUT2D eigenvalue weighted by Gasteiger charge is -2.13. The summed E-state index contributed by atoms with van der Waals surface area (Å²) in [6.07, 6.45) is 2.65. The zero-order valence-corrected chi connectivity index (χ0v) is 12.1. The van der Waals surface area contributed by atoms with E-state index >= 15 is 0 Å². The molecular weight excluding hydrogens is 284 g/mol. The third-order valence-electron chi connectivity index (χ3n) is 2.97. The van der Waals surface area contributed by atoms with Crippen LogP contribution in [0.25, 0.3) is 0 Å². The van der Waals surface area contributed by atoms with Crippen molar-refractivity contribution in [1.29, 1.82) is 0 Å². The summed E-state index contributed by atoms with van der Waals surface area (Å²) in [5.74, 6) is 0.708. The smallest absolute Gasteiger partial charge is 0.325 e.